The number of anilines is 2. The van der Waals surface area contributed by atoms with Gasteiger partial charge in [0.05, 0.1) is 28.3 Å². The highest BCUT2D eigenvalue weighted by atomic mass is 35.5. The average Bonchev–Trinajstić information content (AvgIpc) is 2.83. The summed E-state index contributed by atoms with van der Waals surface area (Å²) in [6.07, 6.45) is 0.913. The molecule has 1 N–H and O–H groups in total. The van der Waals surface area contributed by atoms with E-state index in [9.17, 15) is 13.2 Å². The number of sulfonamides is 1. The lowest BCUT2D eigenvalue weighted by atomic mass is 9.97. The quantitative estimate of drug-likeness (QED) is 0.427. The maximum absolute atomic E-state index is 13.3. The molecule has 8 heteroatoms. The van der Waals surface area contributed by atoms with Crippen LogP contribution in [0.1, 0.15) is 42.1 Å². The third kappa shape index (κ3) is 5.15. The number of amides is 1. The smallest absolute Gasteiger partial charge is 0.264 e. The molecule has 0 spiro atoms. The van der Waals surface area contributed by atoms with Crippen molar-refractivity contribution in [3.8, 4) is 5.75 Å². The van der Waals surface area contributed by atoms with E-state index in [1.54, 1.807) is 24.3 Å². The van der Waals surface area contributed by atoms with E-state index in [-0.39, 0.29) is 21.4 Å². The van der Waals surface area contributed by atoms with Crippen molar-refractivity contribution in [3.05, 3.63) is 82.9 Å². The van der Waals surface area contributed by atoms with Crippen molar-refractivity contribution in [2.75, 3.05) is 23.8 Å². The second kappa shape index (κ2) is 10.3. The van der Waals surface area contributed by atoms with E-state index in [1.165, 1.54) is 32.4 Å². The third-order valence-electron chi connectivity index (χ3n) is 5.62. The van der Waals surface area contributed by atoms with Crippen LogP contribution >= 0.6 is 11.6 Å². The number of nitrogens with zero attached hydrogens (tertiary/aromatic N) is 1. The van der Waals surface area contributed by atoms with E-state index in [2.05, 4.69) is 19.2 Å². The SMILES string of the molecule is CCC(C)c1ccccc1NC(=O)c1cc(S(=O)(=O)N(C)c2ccccc2OC)ccc1Cl. The lowest BCUT2D eigenvalue weighted by Crippen LogP contribution is -2.27. The first-order valence-electron chi connectivity index (χ1n) is 10.5. The first-order chi connectivity index (χ1) is 15.7. The molecule has 0 bridgehead atoms. The zero-order valence-electron chi connectivity index (χ0n) is 19.0. The Morgan fingerprint density at radius 2 is 1.76 bits per heavy atom. The molecular formula is C25H27ClN2O4S. The normalized spacial score (nSPS) is 12.2. The molecule has 0 aliphatic rings. The summed E-state index contributed by atoms with van der Waals surface area (Å²) in [6, 6.07) is 18.4. The van der Waals surface area contributed by atoms with Gasteiger partial charge >= 0.3 is 0 Å². The number of ether oxygens (including phenoxy) is 1. The number of carbonyl (C=O) groups excluding carboxylic acids is 1. The standard InChI is InChI=1S/C25H27ClN2O4S/c1-5-17(2)19-10-6-7-11-22(19)27-25(29)20-16-18(14-15-21(20)26)33(30,31)28(3)23-12-8-9-13-24(23)32-4/h6-17H,5H2,1-4H3,(H,27,29). The van der Waals surface area contributed by atoms with E-state index in [4.69, 9.17) is 16.3 Å². The Labute approximate surface area is 200 Å². The first kappa shape index (κ1) is 24.6. The number of hydrogen-bond acceptors (Lipinski definition) is 4. The van der Waals surface area contributed by atoms with Crippen molar-refractivity contribution in [2.24, 2.45) is 0 Å². The second-order valence-corrected chi connectivity index (χ2v) is 10.0. The Kier molecular flexibility index (Phi) is 7.66. The molecule has 0 saturated carbocycles. The molecule has 1 atom stereocenters. The highest BCUT2D eigenvalue weighted by Crippen LogP contribution is 2.32. The van der Waals surface area contributed by atoms with Gasteiger partial charge < -0.3 is 10.1 Å². The molecular weight excluding hydrogens is 460 g/mol. The van der Waals surface area contributed by atoms with Gasteiger partial charge in [-0.3, -0.25) is 9.10 Å². The molecule has 1 unspecified atom stereocenters. The van der Waals surface area contributed by atoms with Gasteiger partial charge in [-0.05, 0) is 54.3 Å². The largest absolute Gasteiger partial charge is 0.495 e. The summed E-state index contributed by atoms with van der Waals surface area (Å²) in [5.74, 6) is 0.183. The molecule has 0 saturated heterocycles. The molecule has 33 heavy (non-hydrogen) atoms. The maximum atomic E-state index is 13.3. The Bertz CT molecular complexity index is 1260. The summed E-state index contributed by atoms with van der Waals surface area (Å²) in [4.78, 5) is 13.0. The van der Waals surface area contributed by atoms with Gasteiger partial charge in [-0.25, -0.2) is 8.42 Å². The van der Waals surface area contributed by atoms with Crippen LogP contribution in [0.2, 0.25) is 5.02 Å². The van der Waals surface area contributed by atoms with Crippen LogP contribution < -0.4 is 14.4 Å². The minimum atomic E-state index is -3.98. The van der Waals surface area contributed by atoms with Crippen LogP contribution in [0, 0.1) is 0 Å². The van der Waals surface area contributed by atoms with Crippen molar-refractivity contribution in [1.29, 1.82) is 0 Å². The second-order valence-electron chi connectivity index (χ2n) is 7.64. The molecule has 0 aliphatic heterocycles. The third-order valence-corrected chi connectivity index (χ3v) is 7.71. The molecule has 174 valence electrons. The fourth-order valence-electron chi connectivity index (χ4n) is 3.47. The predicted octanol–water partition coefficient (Wildman–Crippen LogP) is 5.94. The van der Waals surface area contributed by atoms with Gasteiger partial charge in [-0.15, -0.1) is 0 Å². The molecule has 3 aromatic carbocycles. The van der Waals surface area contributed by atoms with Crippen LogP contribution in [0.25, 0.3) is 0 Å². The summed E-state index contributed by atoms with van der Waals surface area (Å²) in [7, 11) is -1.07. The molecule has 3 rings (SSSR count). The lowest BCUT2D eigenvalue weighted by Gasteiger charge is -2.22. The Morgan fingerprint density at radius 3 is 2.45 bits per heavy atom. The summed E-state index contributed by atoms with van der Waals surface area (Å²) in [6.45, 7) is 4.16. The highest BCUT2D eigenvalue weighted by Gasteiger charge is 2.26. The van der Waals surface area contributed by atoms with Gasteiger partial charge in [-0.1, -0.05) is 55.8 Å². The number of carbonyl (C=O) groups is 1. The maximum Gasteiger partial charge on any atom is 0.264 e. The zero-order valence-corrected chi connectivity index (χ0v) is 20.6. The van der Waals surface area contributed by atoms with E-state index in [0.717, 1.165) is 16.3 Å². The van der Waals surface area contributed by atoms with E-state index in [0.29, 0.717) is 17.1 Å². The average molecular weight is 487 g/mol. The summed E-state index contributed by atoms with van der Waals surface area (Å²) < 4.78 is 33.1. The summed E-state index contributed by atoms with van der Waals surface area (Å²) in [5.41, 5.74) is 2.13. The number of halogens is 1. The van der Waals surface area contributed by atoms with Gasteiger partial charge in [-0.2, -0.15) is 0 Å². The summed E-state index contributed by atoms with van der Waals surface area (Å²) >= 11 is 6.29. The Morgan fingerprint density at radius 1 is 1.09 bits per heavy atom. The van der Waals surface area contributed by atoms with E-state index < -0.39 is 15.9 Å². The molecule has 1 amide bonds. The number of rotatable bonds is 8. The number of hydrogen-bond donors (Lipinski definition) is 1. The predicted molar refractivity (Wildman–Crippen MR) is 133 cm³/mol. The van der Waals surface area contributed by atoms with Gasteiger partial charge in [0.2, 0.25) is 0 Å². The Balaban J connectivity index is 1.96. The molecule has 6 nitrogen and oxygen atoms in total. The Hall–Kier alpha value is -3.03. The van der Waals surface area contributed by atoms with Gasteiger partial charge in [0.25, 0.3) is 15.9 Å². The monoisotopic (exact) mass is 486 g/mol. The molecule has 0 radical (unpaired) electrons. The first-order valence-corrected chi connectivity index (χ1v) is 12.3. The highest BCUT2D eigenvalue weighted by molar-refractivity contribution is 7.92. The minimum Gasteiger partial charge on any atom is -0.495 e. The van der Waals surface area contributed by atoms with Crippen LogP contribution in [0.3, 0.4) is 0 Å². The topological polar surface area (TPSA) is 75.7 Å². The van der Waals surface area contributed by atoms with Gasteiger partial charge in [0, 0.05) is 12.7 Å². The number of methoxy groups -OCH3 is 1. The fraction of sp³-hybridized carbons (Fsp3) is 0.240. The van der Waals surface area contributed by atoms with Crippen LogP contribution in [-0.2, 0) is 10.0 Å². The van der Waals surface area contributed by atoms with Crippen LogP contribution in [0.15, 0.2) is 71.6 Å². The molecule has 0 aromatic heterocycles. The molecule has 0 fully saturated rings. The lowest BCUT2D eigenvalue weighted by molar-refractivity contribution is 0.102. The van der Waals surface area contributed by atoms with Crippen molar-refractivity contribution >= 4 is 38.9 Å². The van der Waals surface area contributed by atoms with Crippen LogP contribution in [-0.4, -0.2) is 28.5 Å². The van der Waals surface area contributed by atoms with E-state index >= 15 is 0 Å². The number of para-hydroxylation sites is 3. The van der Waals surface area contributed by atoms with E-state index in [1.807, 2.05) is 24.3 Å². The number of benzene rings is 3. The number of nitrogens with one attached hydrogen (secondary N) is 1. The van der Waals surface area contributed by atoms with Crippen molar-refractivity contribution in [3.63, 3.8) is 0 Å². The van der Waals surface area contributed by atoms with Gasteiger partial charge in [0.15, 0.2) is 0 Å². The molecule has 0 aliphatic carbocycles. The van der Waals surface area contributed by atoms with Crippen LogP contribution in [0.5, 0.6) is 5.75 Å². The van der Waals surface area contributed by atoms with Crippen molar-refractivity contribution in [1.82, 2.24) is 0 Å². The zero-order chi connectivity index (χ0) is 24.2. The minimum absolute atomic E-state index is 0.0549. The fourth-order valence-corrected chi connectivity index (χ4v) is 4.90. The van der Waals surface area contributed by atoms with Crippen molar-refractivity contribution in [2.45, 2.75) is 31.1 Å². The molecule has 0 heterocycles. The van der Waals surface area contributed by atoms with Crippen molar-refractivity contribution < 1.29 is 17.9 Å². The molecule has 3 aromatic rings. The van der Waals surface area contributed by atoms with Gasteiger partial charge in [0.1, 0.15) is 5.75 Å². The van der Waals surface area contributed by atoms with Crippen LogP contribution in [0.4, 0.5) is 11.4 Å². The summed E-state index contributed by atoms with van der Waals surface area (Å²) in [5, 5.41) is 3.05.